The molecule has 0 N–H and O–H groups in total. The Labute approximate surface area is 134 Å². The van der Waals surface area contributed by atoms with E-state index in [1.54, 1.807) is 0 Å². The molecule has 0 amide bonds. The van der Waals surface area contributed by atoms with Crippen LogP contribution in [0.1, 0.15) is 26.7 Å². The van der Waals surface area contributed by atoms with Crippen molar-refractivity contribution >= 4 is 25.2 Å². The second kappa shape index (κ2) is 6.48. The molecule has 1 saturated heterocycles. The zero-order chi connectivity index (χ0) is 15.5. The Morgan fingerprint density at radius 1 is 1.33 bits per heavy atom. The van der Waals surface area contributed by atoms with E-state index in [1.165, 1.54) is 4.46 Å². The number of ketones is 1. The molecule has 1 fully saturated rings. The fourth-order valence-corrected chi connectivity index (χ4v) is 5.21. The van der Waals surface area contributed by atoms with E-state index in [9.17, 15) is 4.79 Å². The molecule has 1 aromatic carbocycles. The van der Waals surface area contributed by atoms with Crippen LogP contribution in [0.15, 0.2) is 43.0 Å². The number of nitrogens with zero attached hydrogens (tertiary/aromatic N) is 1. The van der Waals surface area contributed by atoms with Gasteiger partial charge in [0.25, 0.3) is 0 Å². The van der Waals surface area contributed by atoms with E-state index in [-0.39, 0.29) is 11.0 Å². The minimum absolute atomic E-state index is 0.179. The summed E-state index contributed by atoms with van der Waals surface area (Å²) in [6, 6.07) is 10.6. The Balaban J connectivity index is 1.96. The molecule has 2 unspecified atom stereocenters. The molecule has 0 saturated carbocycles. The van der Waals surface area contributed by atoms with Crippen molar-refractivity contribution < 1.29 is 4.79 Å². The van der Waals surface area contributed by atoms with E-state index in [4.69, 9.17) is 0 Å². The topological polar surface area (TPSA) is 20.3 Å². The molecule has 1 aliphatic rings. The number of likely N-dealkylation sites (N-methyl/N-ethyl adjacent to an activating group) is 1. The fourth-order valence-electron chi connectivity index (χ4n) is 2.82. The third kappa shape index (κ3) is 3.66. The SMILES string of the molecule is C=CC1(C)CC(=O)C(C)(CC[Se]c2ccccc2)CN1C. The molecule has 1 heterocycles. The number of hydrogen-bond donors (Lipinski definition) is 0. The number of benzene rings is 1. The average Bonchev–Trinajstić information content (AvgIpc) is 2.46. The number of carbonyl (C=O) groups is 1. The van der Waals surface area contributed by atoms with Gasteiger partial charge >= 0.3 is 134 Å². The second-order valence-electron chi connectivity index (χ2n) is 6.49. The van der Waals surface area contributed by atoms with Gasteiger partial charge in [-0.25, -0.2) is 0 Å². The van der Waals surface area contributed by atoms with Gasteiger partial charge in [0.1, 0.15) is 0 Å². The van der Waals surface area contributed by atoms with Crippen molar-refractivity contribution in [3.8, 4) is 0 Å². The maximum absolute atomic E-state index is 12.6. The zero-order valence-corrected chi connectivity index (χ0v) is 15.0. The molecule has 0 aromatic heterocycles. The van der Waals surface area contributed by atoms with Crippen molar-refractivity contribution in [1.82, 2.24) is 4.90 Å². The summed E-state index contributed by atoms with van der Waals surface area (Å²) in [5.41, 5.74) is -0.380. The molecule has 3 heteroatoms. The summed E-state index contributed by atoms with van der Waals surface area (Å²) in [7, 11) is 2.11. The molecule has 0 spiro atoms. The van der Waals surface area contributed by atoms with Crippen molar-refractivity contribution in [1.29, 1.82) is 0 Å². The normalized spacial score (nSPS) is 30.3. The summed E-state index contributed by atoms with van der Waals surface area (Å²) in [5.74, 6) is 0.395. The summed E-state index contributed by atoms with van der Waals surface area (Å²) < 4.78 is 1.42. The van der Waals surface area contributed by atoms with Crippen LogP contribution in [-0.2, 0) is 4.79 Å². The first-order valence-corrected chi connectivity index (χ1v) is 9.52. The Morgan fingerprint density at radius 3 is 2.62 bits per heavy atom. The fraction of sp³-hybridized carbons (Fsp3) is 0.500. The Bertz CT molecular complexity index is 515. The third-order valence-electron chi connectivity index (χ3n) is 4.76. The van der Waals surface area contributed by atoms with Gasteiger partial charge in [-0.3, -0.25) is 0 Å². The van der Waals surface area contributed by atoms with Gasteiger partial charge in [0, 0.05) is 0 Å². The van der Waals surface area contributed by atoms with Crippen LogP contribution in [0.4, 0.5) is 0 Å². The van der Waals surface area contributed by atoms with Crippen LogP contribution in [0.5, 0.6) is 0 Å². The van der Waals surface area contributed by atoms with E-state index in [1.807, 2.05) is 6.08 Å². The molecule has 0 bridgehead atoms. The molecule has 0 radical (unpaired) electrons. The number of hydrogen-bond acceptors (Lipinski definition) is 2. The standard InChI is InChI=1S/C18H25NOSe/c1-5-18(3)13-16(20)17(2,14-19(18)4)11-12-21-15-9-7-6-8-10-15/h5-10H,1,11-14H2,2-4H3. The van der Waals surface area contributed by atoms with Crippen molar-refractivity contribution in [3.05, 3.63) is 43.0 Å². The van der Waals surface area contributed by atoms with Crippen molar-refractivity contribution in [3.63, 3.8) is 0 Å². The van der Waals surface area contributed by atoms with Gasteiger partial charge in [-0.1, -0.05) is 0 Å². The number of carbonyl (C=O) groups excluding carboxylic acids is 1. The van der Waals surface area contributed by atoms with E-state index in [2.05, 4.69) is 62.7 Å². The molecule has 1 aromatic rings. The van der Waals surface area contributed by atoms with E-state index < -0.39 is 0 Å². The van der Waals surface area contributed by atoms with Gasteiger partial charge in [-0.05, 0) is 0 Å². The number of rotatable bonds is 5. The summed E-state index contributed by atoms with van der Waals surface area (Å²) >= 11 is 0.461. The van der Waals surface area contributed by atoms with Crippen LogP contribution in [0, 0.1) is 5.41 Å². The van der Waals surface area contributed by atoms with Crippen LogP contribution >= 0.6 is 0 Å². The van der Waals surface area contributed by atoms with E-state index in [0.717, 1.165) is 18.3 Å². The van der Waals surface area contributed by atoms with Gasteiger partial charge in [0.05, 0.1) is 0 Å². The van der Waals surface area contributed by atoms with Crippen LogP contribution in [0.25, 0.3) is 0 Å². The molecule has 2 nitrogen and oxygen atoms in total. The van der Waals surface area contributed by atoms with Crippen LogP contribution in [0.2, 0.25) is 5.32 Å². The van der Waals surface area contributed by atoms with Crippen LogP contribution in [-0.4, -0.2) is 44.8 Å². The van der Waals surface area contributed by atoms with Crippen LogP contribution < -0.4 is 4.46 Å². The monoisotopic (exact) mass is 351 g/mol. The maximum atomic E-state index is 12.6. The Kier molecular flexibility index (Phi) is 5.08. The quantitative estimate of drug-likeness (QED) is 0.601. The first-order valence-electron chi connectivity index (χ1n) is 7.46. The van der Waals surface area contributed by atoms with Gasteiger partial charge in [-0.15, -0.1) is 0 Å². The molecule has 2 atom stereocenters. The molecule has 21 heavy (non-hydrogen) atoms. The van der Waals surface area contributed by atoms with Gasteiger partial charge in [-0.2, -0.15) is 0 Å². The summed E-state index contributed by atoms with van der Waals surface area (Å²) in [5, 5.41) is 1.12. The number of piperidine rings is 1. The molecular formula is C18H25NOSe. The molecule has 114 valence electrons. The van der Waals surface area contributed by atoms with Crippen molar-refractivity contribution in [2.24, 2.45) is 5.41 Å². The summed E-state index contributed by atoms with van der Waals surface area (Å²) in [6.45, 7) is 8.97. The van der Waals surface area contributed by atoms with Gasteiger partial charge in [0.2, 0.25) is 0 Å². The van der Waals surface area contributed by atoms with E-state index in [0.29, 0.717) is 27.2 Å². The third-order valence-corrected chi connectivity index (χ3v) is 6.88. The van der Waals surface area contributed by atoms with Crippen molar-refractivity contribution in [2.45, 2.75) is 37.5 Å². The molecule has 2 rings (SSSR count). The predicted octanol–water partition coefficient (Wildman–Crippen LogP) is 2.68. The first kappa shape index (κ1) is 16.5. The molecular weight excluding hydrogens is 325 g/mol. The first-order chi connectivity index (χ1) is 9.89. The van der Waals surface area contributed by atoms with Gasteiger partial charge < -0.3 is 0 Å². The van der Waals surface area contributed by atoms with E-state index >= 15 is 0 Å². The van der Waals surface area contributed by atoms with Crippen LogP contribution in [0.3, 0.4) is 0 Å². The molecule has 1 aliphatic heterocycles. The molecule has 0 aliphatic carbocycles. The summed E-state index contributed by atoms with van der Waals surface area (Å²) in [4.78, 5) is 14.9. The number of likely N-dealkylation sites (tertiary alicyclic amines) is 1. The minimum atomic E-state index is -0.201. The Morgan fingerprint density at radius 2 is 2.00 bits per heavy atom. The average molecular weight is 350 g/mol. The second-order valence-corrected chi connectivity index (χ2v) is 8.94. The number of Topliss-reactive ketones (excluding diaryl/α,β-unsaturated/α-hetero) is 1. The summed E-state index contributed by atoms with van der Waals surface area (Å²) in [6.07, 6.45) is 3.48. The Hall–Kier alpha value is -0.891. The van der Waals surface area contributed by atoms with Gasteiger partial charge in [0.15, 0.2) is 0 Å². The van der Waals surface area contributed by atoms with Crippen molar-refractivity contribution in [2.75, 3.05) is 13.6 Å². The predicted molar refractivity (Wildman–Crippen MR) is 90.2 cm³/mol. The zero-order valence-electron chi connectivity index (χ0n) is 13.3.